The smallest absolute Gasteiger partial charge is 0.255 e. The number of H-pyrrole nitrogens is 2. The molecule has 0 aliphatic rings. The molecule has 0 atom stereocenters. The maximum atomic E-state index is 12.3. The Morgan fingerprint density at radius 2 is 2.00 bits per heavy atom. The van der Waals surface area contributed by atoms with Crippen LogP contribution in [0.2, 0.25) is 0 Å². The van der Waals surface area contributed by atoms with E-state index in [0.29, 0.717) is 16.8 Å². The average Bonchev–Trinajstić information content (AvgIpc) is 3.15. The van der Waals surface area contributed by atoms with E-state index >= 15 is 0 Å². The fraction of sp³-hybridized carbons (Fsp3) is 0. The van der Waals surface area contributed by atoms with Crippen LogP contribution in [-0.4, -0.2) is 31.5 Å². The molecule has 7 nitrogen and oxygen atoms in total. The number of amides is 1. The van der Waals surface area contributed by atoms with Crippen molar-refractivity contribution in [3.05, 3.63) is 48.2 Å². The van der Waals surface area contributed by atoms with Crippen LogP contribution in [0.3, 0.4) is 0 Å². The van der Waals surface area contributed by atoms with Crippen LogP contribution in [0.4, 0.5) is 5.69 Å². The molecule has 0 aliphatic heterocycles. The van der Waals surface area contributed by atoms with Crippen molar-refractivity contribution >= 4 is 33.5 Å². The van der Waals surface area contributed by atoms with Gasteiger partial charge in [-0.15, -0.1) is 0 Å². The highest BCUT2D eigenvalue weighted by molar-refractivity contribution is 6.09. The van der Waals surface area contributed by atoms with Gasteiger partial charge in [-0.2, -0.15) is 20.5 Å². The molecule has 1 amide bonds. The van der Waals surface area contributed by atoms with Gasteiger partial charge in [-0.3, -0.25) is 9.89 Å². The first-order chi connectivity index (χ1) is 10.3. The van der Waals surface area contributed by atoms with Gasteiger partial charge >= 0.3 is 0 Å². The van der Waals surface area contributed by atoms with Gasteiger partial charge in [-0.05, 0) is 24.3 Å². The van der Waals surface area contributed by atoms with Gasteiger partial charge < -0.3 is 5.32 Å². The Bertz CT molecular complexity index is 954. The average molecular weight is 278 g/mol. The second kappa shape index (κ2) is 4.41. The van der Waals surface area contributed by atoms with E-state index in [1.54, 1.807) is 24.4 Å². The summed E-state index contributed by atoms with van der Waals surface area (Å²) < 4.78 is 0. The topological polar surface area (TPSA) is 99.4 Å². The maximum absolute atomic E-state index is 12.3. The van der Waals surface area contributed by atoms with Crippen molar-refractivity contribution < 1.29 is 4.79 Å². The number of carbonyl (C=O) groups is 1. The molecule has 0 saturated carbocycles. The van der Waals surface area contributed by atoms with E-state index in [-0.39, 0.29) is 5.91 Å². The lowest BCUT2D eigenvalue weighted by atomic mass is 10.1. The third-order valence-electron chi connectivity index (χ3n) is 3.30. The zero-order chi connectivity index (χ0) is 14.2. The summed E-state index contributed by atoms with van der Waals surface area (Å²) in [4.78, 5) is 12.3. The van der Waals surface area contributed by atoms with Crippen LogP contribution in [0.1, 0.15) is 10.4 Å². The van der Waals surface area contributed by atoms with Crippen LogP contribution < -0.4 is 5.32 Å². The number of aromatic amines is 2. The summed E-state index contributed by atoms with van der Waals surface area (Å²) in [6, 6.07) is 10.8. The van der Waals surface area contributed by atoms with E-state index in [9.17, 15) is 4.79 Å². The molecule has 4 rings (SSSR count). The van der Waals surface area contributed by atoms with Crippen molar-refractivity contribution in [2.24, 2.45) is 0 Å². The van der Waals surface area contributed by atoms with Gasteiger partial charge in [0.05, 0.1) is 17.4 Å². The molecule has 0 aliphatic carbocycles. The second-order valence-electron chi connectivity index (χ2n) is 4.62. The van der Waals surface area contributed by atoms with E-state index in [2.05, 4.69) is 30.9 Å². The standard InChI is InChI=1S/C14H10N6O/c21-14(8-4-5-10-12(6-8)18-20-17-10)16-11-3-1-2-9-7-15-19-13(9)11/h1-7H,(H,15,19)(H,16,21)(H,17,18,20). The van der Waals surface area contributed by atoms with Crippen molar-refractivity contribution in [2.75, 3.05) is 5.32 Å². The minimum atomic E-state index is -0.206. The zero-order valence-corrected chi connectivity index (χ0v) is 10.8. The molecule has 21 heavy (non-hydrogen) atoms. The molecule has 3 N–H and O–H groups in total. The number of nitrogens with one attached hydrogen (secondary N) is 3. The molecule has 0 unspecified atom stereocenters. The number of para-hydroxylation sites is 1. The fourth-order valence-corrected chi connectivity index (χ4v) is 2.25. The highest BCUT2D eigenvalue weighted by atomic mass is 16.1. The minimum Gasteiger partial charge on any atom is -0.320 e. The number of nitrogens with zero attached hydrogens (tertiary/aromatic N) is 3. The predicted octanol–water partition coefficient (Wildman–Crippen LogP) is 2.09. The Kier molecular flexibility index (Phi) is 2.43. The van der Waals surface area contributed by atoms with Gasteiger partial charge in [0.1, 0.15) is 11.0 Å². The molecule has 2 aromatic heterocycles. The largest absolute Gasteiger partial charge is 0.320 e. The van der Waals surface area contributed by atoms with Crippen molar-refractivity contribution in [1.82, 2.24) is 25.6 Å². The predicted molar refractivity (Wildman–Crippen MR) is 77.9 cm³/mol. The Labute approximate surface area is 118 Å². The molecule has 0 spiro atoms. The SMILES string of the molecule is O=C(Nc1cccc2cn[nH]c12)c1ccc2n[nH]nc2c1. The molecule has 0 radical (unpaired) electrons. The maximum Gasteiger partial charge on any atom is 0.255 e. The van der Waals surface area contributed by atoms with Crippen molar-refractivity contribution in [3.63, 3.8) is 0 Å². The second-order valence-corrected chi connectivity index (χ2v) is 4.62. The van der Waals surface area contributed by atoms with E-state index in [1.807, 2.05) is 18.2 Å². The summed E-state index contributed by atoms with van der Waals surface area (Å²) in [5.74, 6) is -0.206. The summed E-state index contributed by atoms with van der Waals surface area (Å²) in [6.45, 7) is 0. The van der Waals surface area contributed by atoms with E-state index < -0.39 is 0 Å². The first kappa shape index (κ1) is 11.6. The highest BCUT2D eigenvalue weighted by Gasteiger charge is 2.10. The van der Waals surface area contributed by atoms with Crippen LogP contribution in [-0.2, 0) is 0 Å². The lowest BCUT2D eigenvalue weighted by molar-refractivity contribution is 0.102. The Morgan fingerprint density at radius 3 is 2.95 bits per heavy atom. The quantitative estimate of drug-likeness (QED) is 0.522. The summed E-state index contributed by atoms with van der Waals surface area (Å²) in [5, 5.41) is 21.1. The normalized spacial score (nSPS) is 11.0. The molecule has 7 heteroatoms. The van der Waals surface area contributed by atoms with Crippen molar-refractivity contribution in [2.45, 2.75) is 0 Å². The first-order valence-corrected chi connectivity index (χ1v) is 6.35. The Morgan fingerprint density at radius 1 is 1.10 bits per heavy atom. The summed E-state index contributed by atoms with van der Waals surface area (Å²) in [6.07, 6.45) is 1.71. The summed E-state index contributed by atoms with van der Waals surface area (Å²) in [5.41, 5.74) is 3.39. The van der Waals surface area contributed by atoms with E-state index in [1.165, 1.54) is 0 Å². The van der Waals surface area contributed by atoms with Crippen molar-refractivity contribution in [1.29, 1.82) is 0 Å². The van der Waals surface area contributed by atoms with Crippen LogP contribution >= 0.6 is 0 Å². The molecule has 2 heterocycles. The zero-order valence-electron chi connectivity index (χ0n) is 10.8. The van der Waals surface area contributed by atoms with Crippen LogP contribution in [0.15, 0.2) is 42.6 Å². The monoisotopic (exact) mass is 278 g/mol. The molecule has 102 valence electrons. The summed E-state index contributed by atoms with van der Waals surface area (Å²) >= 11 is 0. The number of benzene rings is 2. The number of hydrogen-bond donors (Lipinski definition) is 3. The van der Waals surface area contributed by atoms with Crippen LogP contribution in [0, 0.1) is 0 Å². The number of fused-ring (bicyclic) bond motifs is 2. The van der Waals surface area contributed by atoms with Crippen LogP contribution in [0.5, 0.6) is 0 Å². The lowest BCUT2D eigenvalue weighted by Gasteiger charge is -2.06. The first-order valence-electron chi connectivity index (χ1n) is 6.35. The van der Waals surface area contributed by atoms with Crippen molar-refractivity contribution in [3.8, 4) is 0 Å². The van der Waals surface area contributed by atoms with Crippen LogP contribution in [0.25, 0.3) is 21.9 Å². The molecule has 0 fully saturated rings. The van der Waals surface area contributed by atoms with Gasteiger partial charge in [0, 0.05) is 10.9 Å². The highest BCUT2D eigenvalue weighted by Crippen LogP contribution is 2.21. The number of rotatable bonds is 2. The molecule has 0 bridgehead atoms. The number of hydrogen-bond acceptors (Lipinski definition) is 4. The Balaban J connectivity index is 1.70. The number of carbonyl (C=O) groups excluding carboxylic acids is 1. The number of aromatic nitrogens is 5. The fourth-order valence-electron chi connectivity index (χ4n) is 2.25. The van der Waals surface area contributed by atoms with Gasteiger partial charge in [-0.25, -0.2) is 0 Å². The van der Waals surface area contributed by atoms with Gasteiger partial charge in [0.2, 0.25) is 0 Å². The number of anilines is 1. The van der Waals surface area contributed by atoms with Gasteiger partial charge in [-0.1, -0.05) is 12.1 Å². The third kappa shape index (κ3) is 1.91. The molecular weight excluding hydrogens is 268 g/mol. The molecule has 2 aromatic carbocycles. The third-order valence-corrected chi connectivity index (χ3v) is 3.30. The molecule has 4 aromatic rings. The molecule has 0 saturated heterocycles. The van der Waals surface area contributed by atoms with Gasteiger partial charge in [0.15, 0.2) is 0 Å². The lowest BCUT2D eigenvalue weighted by Crippen LogP contribution is -2.12. The van der Waals surface area contributed by atoms with E-state index in [0.717, 1.165) is 16.4 Å². The summed E-state index contributed by atoms with van der Waals surface area (Å²) in [7, 11) is 0. The minimum absolute atomic E-state index is 0.206. The van der Waals surface area contributed by atoms with Gasteiger partial charge in [0.25, 0.3) is 5.91 Å². The molecular formula is C14H10N6O. The van der Waals surface area contributed by atoms with E-state index in [4.69, 9.17) is 0 Å². The Hall–Kier alpha value is -3.22.